The maximum atomic E-state index is 11.0. The van der Waals surface area contributed by atoms with Crippen LogP contribution in [-0.4, -0.2) is 18.5 Å². The monoisotopic (exact) mass is 224 g/mol. The van der Waals surface area contributed by atoms with Crippen LogP contribution in [0.5, 0.6) is 11.5 Å². The number of ether oxygens (including phenoxy) is 3. The Kier molecular flexibility index (Phi) is 1.98. The zero-order valence-corrected chi connectivity index (χ0v) is 8.58. The van der Waals surface area contributed by atoms with E-state index in [1.54, 1.807) is 0 Å². The van der Waals surface area contributed by atoms with Crippen molar-refractivity contribution in [2.75, 3.05) is 12.5 Å². The molecule has 3 rings (SSSR count). The Labute approximate surface area is 90.5 Å². The minimum absolute atomic E-state index is 0.179. The van der Waals surface area contributed by atoms with Gasteiger partial charge in [0.05, 0.1) is 5.75 Å². The fraction of sp³-hybridized carbons (Fsp3) is 0.300. The maximum absolute atomic E-state index is 11.0. The molecule has 2 aliphatic heterocycles. The summed E-state index contributed by atoms with van der Waals surface area (Å²) >= 11 is 1.46. The number of hydrogen-bond donors (Lipinski definition) is 0. The number of hydrogen-bond acceptors (Lipinski definition) is 5. The van der Waals surface area contributed by atoms with Crippen LogP contribution in [0.15, 0.2) is 18.2 Å². The Morgan fingerprint density at radius 3 is 3.07 bits per heavy atom. The van der Waals surface area contributed by atoms with Gasteiger partial charge in [0.25, 0.3) is 0 Å². The van der Waals surface area contributed by atoms with Crippen molar-refractivity contribution in [1.29, 1.82) is 0 Å². The Morgan fingerprint density at radius 1 is 1.33 bits per heavy atom. The molecular formula is C10H8O4S. The van der Waals surface area contributed by atoms with Gasteiger partial charge in [-0.15, -0.1) is 11.8 Å². The molecule has 2 aliphatic rings. The summed E-state index contributed by atoms with van der Waals surface area (Å²) in [6.07, 6.45) is 0. The smallest absolute Gasteiger partial charge is 0.317 e. The molecule has 0 amide bonds. The van der Waals surface area contributed by atoms with E-state index in [4.69, 9.17) is 14.2 Å². The van der Waals surface area contributed by atoms with Gasteiger partial charge in [-0.1, -0.05) is 12.1 Å². The minimum atomic E-state index is -0.255. The fourth-order valence-electron chi connectivity index (χ4n) is 1.62. The number of esters is 1. The molecule has 1 aromatic rings. The zero-order chi connectivity index (χ0) is 10.3. The number of fused-ring (bicyclic) bond motifs is 1. The van der Waals surface area contributed by atoms with Gasteiger partial charge in [0.2, 0.25) is 6.79 Å². The Bertz CT molecular complexity index is 418. The molecule has 1 unspecified atom stereocenters. The van der Waals surface area contributed by atoms with E-state index < -0.39 is 0 Å². The predicted molar refractivity (Wildman–Crippen MR) is 53.9 cm³/mol. The largest absolute Gasteiger partial charge is 0.454 e. The van der Waals surface area contributed by atoms with E-state index in [1.165, 1.54) is 11.8 Å². The van der Waals surface area contributed by atoms with Gasteiger partial charge >= 0.3 is 5.97 Å². The number of para-hydroxylation sites is 1. The van der Waals surface area contributed by atoms with E-state index in [-0.39, 0.29) is 18.2 Å². The molecule has 0 saturated carbocycles. The van der Waals surface area contributed by atoms with Crippen LogP contribution in [0.25, 0.3) is 0 Å². The molecule has 2 heterocycles. The van der Waals surface area contributed by atoms with Crippen molar-refractivity contribution in [3.05, 3.63) is 23.8 Å². The first-order chi connectivity index (χ1) is 7.34. The topological polar surface area (TPSA) is 44.8 Å². The van der Waals surface area contributed by atoms with Gasteiger partial charge in [-0.3, -0.25) is 4.79 Å². The van der Waals surface area contributed by atoms with E-state index in [0.717, 1.165) is 11.3 Å². The van der Waals surface area contributed by atoms with Crippen molar-refractivity contribution in [3.63, 3.8) is 0 Å². The highest BCUT2D eigenvalue weighted by Gasteiger charge is 2.30. The third-order valence-corrected chi connectivity index (χ3v) is 3.33. The molecule has 15 heavy (non-hydrogen) atoms. The van der Waals surface area contributed by atoms with Crippen LogP contribution in [-0.2, 0) is 9.53 Å². The van der Waals surface area contributed by atoms with Crippen LogP contribution in [0.1, 0.15) is 11.0 Å². The van der Waals surface area contributed by atoms with Crippen LogP contribution in [0.2, 0.25) is 0 Å². The van der Waals surface area contributed by atoms with Crippen LogP contribution in [0.3, 0.4) is 0 Å². The van der Waals surface area contributed by atoms with Gasteiger partial charge in [-0.05, 0) is 6.07 Å². The molecular weight excluding hydrogens is 216 g/mol. The van der Waals surface area contributed by atoms with Crippen molar-refractivity contribution < 1.29 is 19.0 Å². The lowest BCUT2D eigenvalue weighted by Gasteiger charge is -2.10. The highest BCUT2D eigenvalue weighted by Crippen LogP contribution is 2.45. The average Bonchev–Trinajstić information content (AvgIpc) is 2.84. The maximum Gasteiger partial charge on any atom is 0.317 e. The molecule has 1 atom stereocenters. The molecule has 5 heteroatoms. The van der Waals surface area contributed by atoms with Gasteiger partial charge in [-0.2, -0.15) is 0 Å². The second-order valence-electron chi connectivity index (χ2n) is 3.21. The molecule has 4 nitrogen and oxygen atoms in total. The standard InChI is InChI=1S/C10H8O4S/c11-8-4-15-10(14-8)6-2-1-3-7-9(6)13-5-12-7/h1-3,10H,4-5H2. The van der Waals surface area contributed by atoms with Crippen molar-refractivity contribution in [1.82, 2.24) is 0 Å². The first kappa shape index (κ1) is 8.91. The normalized spacial score (nSPS) is 22.9. The van der Waals surface area contributed by atoms with Crippen molar-refractivity contribution in [2.45, 2.75) is 5.44 Å². The highest BCUT2D eigenvalue weighted by atomic mass is 32.2. The zero-order valence-electron chi connectivity index (χ0n) is 7.76. The summed E-state index contributed by atoms with van der Waals surface area (Å²) in [4.78, 5) is 11.0. The Balaban J connectivity index is 1.98. The highest BCUT2D eigenvalue weighted by molar-refractivity contribution is 8.00. The summed E-state index contributed by atoms with van der Waals surface area (Å²) in [7, 11) is 0. The summed E-state index contributed by atoms with van der Waals surface area (Å²) in [5.41, 5.74) is 0.620. The molecule has 0 aromatic heterocycles. The molecule has 0 aliphatic carbocycles. The van der Waals surface area contributed by atoms with E-state index in [2.05, 4.69) is 0 Å². The van der Waals surface area contributed by atoms with Crippen molar-refractivity contribution >= 4 is 17.7 Å². The summed E-state index contributed by atoms with van der Waals surface area (Å²) in [5, 5.41) is 0. The van der Waals surface area contributed by atoms with Crippen molar-refractivity contribution in [3.8, 4) is 11.5 Å². The average molecular weight is 224 g/mol. The molecule has 0 radical (unpaired) electrons. The SMILES string of the molecule is O=C1CSC(c2cccc3c2OCO3)O1. The van der Waals surface area contributed by atoms with Crippen LogP contribution < -0.4 is 9.47 Å². The van der Waals surface area contributed by atoms with Crippen LogP contribution >= 0.6 is 11.8 Å². The third-order valence-electron chi connectivity index (χ3n) is 2.27. The molecule has 0 spiro atoms. The number of carbonyl (C=O) groups is 1. The lowest BCUT2D eigenvalue weighted by molar-refractivity contribution is -0.140. The molecule has 1 fully saturated rings. The fourth-order valence-corrected chi connectivity index (χ4v) is 2.52. The minimum Gasteiger partial charge on any atom is -0.454 e. The first-order valence-corrected chi connectivity index (χ1v) is 5.59. The molecule has 0 bridgehead atoms. The van der Waals surface area contributed by atoms with Crippen LogP contribution in [0.4, 0.5) is 0 Å². The number of thioether (sulfide) groups is 1. The van der Waals surface area contributed by atoms with Gasteiger partial charge in [0.15, 0.2) is 16.9 Å². The molecule has 1 saturated heterocycles. The molecule has 0 N–H and O–H groups in total. The summed E-state index contributed by atoms with van der Waals surface area (Å²) in [5.74, 6) is 1.64. The summed E-state index contributed by atoms with van der Waals surface area (Å²) in [6, 6.07) is 5.60. The Hall–Kier alpha value is -1.36. The summed E-state index contributed by atoms with van der Waals surface area (Å²) < 4.78 is 15.8. The van der Waals surface area contributed by atoms with Gasteiger partial charge < -0.3 is 14.2 Å². The quantitative estimate of drug-likeness (QED) is 0.679. The van der Waals surface area contributed by atoms with Crippen LogP contribution in [0, 0.1) is 0 Å². The second-order valence-corrected chi connectivity index (χ2v) is 4.26. The molecule has 78 valence electrons. The Morgan fingerprint density at radius 2 is 2.27 bits per heavy atom. The first-order valence-electron chi connectivity index (χ1n) is 4.54. The van der Waals surface area contributed by atoms with Gasteiger partial charge in [0.1, 0.15) is 0 Å². The third kappa shape index (κ3) is 1.43. The number of rotatable bonds is 1. The lowest BCUT2D eigenvalue weighted by Crippen LogP contribution is -2.00. The predicted octanol–water partition coefficient (Wildman–Crippen LogP) is 1.70. The van der Waals surface area contributed by atoms with E-state index >= 15 is 0 Å². The number of carbonyl (C=O) groups excluding carboxylic acids is 1. The second kappa shape index (κ2) is 3.34. The van der Waals surface area contributed by atoms with Crippen molar-refractivity contribution in [2.24, 2.45) is 0 Å². The molecule has 1 aromatic carbocycles. The lowest BCUT2D eigenvalue weighted by atomic mass is 10.2. The van der Waals surface area contributed by atoms with Gasteiger partial charge in [0, 0.05) is 5.56 Å². The van der Waals surface area contributed by atoms with E-state index in [9.17, 15) is 4.79 Å². The number of cyclic esters (lactones) is 1. The van der Waals surface area contributed by atoms with E-state index in [1.807, 2.05) is 18.2 Å². The summed E-state index contributed by atoms with van der Waals surface area (Å²) in [6.45, 7) is 0.234. The number of benzene rings is 1. The van der Waals surface area contributed by atoms with Gasteiger partial charge in [-0.25, -0.2) is 0 Å². The van der Waals surface area contributed by atoms with E-state index in [0.29, 0.717) is 11.5 Å².